The van der Waals surface area contributed by atoms with E-state index >= 15 is 9.59 Å². The van der Waals surface area contributed by atoms with Gasteiger partial charge >= 0.3 is 0 Å². The Morgan fingerprint density at radius 2 is 1.31 bits per heavy atom. The van der Waals surface area contributed by atoms with E-state index in [4.69, 9.17) is 26.8 Å². The summed E-state index contributed by atoms with van der Waals surface area (Å²) in [6, 6.07) is 8.12. The van der Waals surface area contributed by atoms with Gasteiger partial charge in [0, 0.05) is 23.7 Å². The first-order valence-corrected chi connectivity index (χ1v) is 27.4. The number of aromatic hydroxyl groups is 4. The van der Waals surface area contributed by atoms with Gasteiger partial charge in [-0.3, -0.25) is 38.4 Å². The lowest BCUT2D eigenvalue weighted by molar-refractivity contribution is -0.138. The van der Waals surface area contributed by atoms with E-state index < -0.39 is 154 Å². The van der Waals surface area contributed by atoms with Crippen molar-refractivity contribution in [3.63, 3.8) is 0 Å². The molecule has 454 valence electrons. The maximum absolute atomic E-state index is 15.5. The summed E-state index contributed by atoms with van der Waals surface area (Å²) in [4.78, 5) is 116. The SMILES string of the molecule is CN[C@H](CC(C)C)C(=O)N[C@H]1C(=O)N[C@@H](CC(N)=O)C(=O)N[C@H]2C(=O)N[C@H]3C(=O)N[C@H](C(=O)N[C@H](C(=O)NCc4ccc(F)cc4)c4cc(O)cc(O)c4-c4cc3ccc4O)[C@H](O)c3ccc(cc3)Oc3cc2cc(c3O)Oc2ccc(cc2Cl)C1O. The van der Waals surface area contributed by atoms with E-state index in [9.17, 15) is 63.8 Å². The molecule has 0 aromatic heterocycles. The molecule has 0 saturated heterocycles. The summed E-state index contributed by atoms with van der Waals surface area (Å²) in [5, 5.41) is 90.4. The molecule has 6 aromatic carbocycles. The van der Waals surface area contributed by atoms with E-state index in [1.807, 2.05) is 13.8 Å². The Bertz CT molecular complexity index is 3720. The van der Waals surface area contributed by atoms with Crippen LogP contribution in [0.3, 0.4) is 0 Å². The van der Waals surface area contributed by atoms with Crippen molar-refractivity contribution in [2.75, 3.05) is 7.05 Å². The molecule has 27 heteroatoms. The molecule has 5 aliphatic rings. The number of benzene rings is 6. The Morgan fingerprint density at radius 3 is 1.98 bits per heavy atom. The number of carbonyl (C=O) groups is 8. The van der Waals surface area contributed by atoms with Crippen LogP contribution in [0, 0.1) is 11.7 Å². The Morgan fingerprint density at radius 1 is 0.667 bits per heavy atom. The van der Waals surface area contributed by atoms with Crippen LogP contribution in [0.15, 0.2) is 109 Å². The molecule has 87 heavy (non-hydrogen) atoms. The number of aliphatic hydroxyl groups is 2. The van der Waals surface area contributed by atoms with Crippen molar-refractivity contribution in [2.24, 2.45) is 11.7 Å². The molecule has 6 aromatic rings. The second-order valence-corrected chi connectivity index (χ2v) is 21.7. The number of aliphatic hydroxyl groups excluding tert-OH is 2. The highest BCUT2D eigenvalue weighted by Crippen LogP contribution is 2.47. The van der Waals surface area contributed by atoms with Crippen molar-refractivity contribution in [3.05, 3.63) is 153 Å². The van der Waals surface area contributed by atoms with E-state index in [0.29, 0.717) is 5.56 Å². The number of amides is 8. The number of hydrogen-bond donors (Lipinski definition) is 15. The van der Waals surface area contributed by atoms with Gasteiger partial charge in [0.2, 0.25) is 53.0 Å². The standard InChI is InChI=1S/C60H59ClFN9O16/c1-25(2)16-37(64-3)54(79)70-50-52(77)29-9-15-41(36(61)18-29)87-43-20-30-19-42(53(43)78)86-33-12-6-27(7-13-33)51(76)49-60(85)69-48(56(81)65-24-26-4-10-31(62)11-5-26)35-21-32(72)22-40(74)45(35)34-17-28(8-14-39(34)73)46(57(82)71-49)68-58(83)47(30)67-55(80)38(23-44(63)75)66-59(50)84/h4-15,17-22,25,37-38,46-52,64,72-74,76-78H,16,23-24H2,1-3H3,(H2,63,75)(H,65,81)(H,66,84)(H,67,80)(H,68,83)(H,69,85)(H,70,79)(H,71,82)/t37-,38+,46-,47-,48+,49+,50-,51-,52?/m1/s1. The first-order chi connectivity index (χ1) is 41.4. The lowest BCUT2D eigenvalue weighted by atomic mass is 9.89. The molecule has 11 rings (SSSR count). The molecule has 0 fully saturated rings. The number of nitrogens with one attached hydrogen (secondary N) is 8. The van der Waals surface area contributed by atoms with Crippen LogP contribution in [0.4, 0.5) is 4.39 Å². The number of rotatable bonds is 10. The van der Waals surface area contributed by atoms with E-state index in [1.165, 1.54) is 61.6 Å². The number of phenols is 4. The fourth-order valence-corrected chi connectivity index (χ4v) is 10.4. The molecular formula is C60H59ClFN9O16. The predicted octanol–water partition coefficient (Wildman–Crippen LogP) is 3.11. The summed E-state index contributed by atoms with van der Waals surface area (Å²) in [5.41, 5.74) is 4.27. The van der Waals surface area contributed by atoms with Crippen molar-refractivity contribution in [2.45, 2.75) is 87.7 Å². The van der Waals surface area contributed by atoms with Crippen molar-refractivity contribution >= 4 is 58.9 Å². The van der Waals surface area contributed by atoms with Crippen molar-refractivity contribution < 1.29 is 82.9 Å². The molecule has 1 unspecified atom stereocenters. The molecule has 5 heterocycles. The number of nitrogens with two attached hydrogens (primary N) is 1. The van der Waals surface area contributed by atoms with Gasteiger partial charge in [-0.15, -0.1) is 0 Å². The van der Waals surface area contributed by atoms with E-state index in [1.54, 1.807) is 0 Å². The minimum atomic E-state index is -2.14. The second-order valence-electron chi connectivity index (χ2n) is 21.3. The largest absolute Gasteiger partial charge is 0.508 e. The molecule has 0 spiro atoms. The molecule has 0 saturated carbocycles. The van der Waals surface area contributed by atoms with Crippen LogP contribution in [0.1, 0.15) is 90.4 Å². The highest BCUT2D eigenvalue weighted by atomic mass is 35.5. The number of likely N-dealkylation sites (N-methyl/N-ethyl adjacent to an activating group) is 1. The lowest BCUT2D eigenvalue weighted by Crippen LogP contribution is -2.59. The Labute approximate surface area is 499 Å². The van der Waals surface area contributed by atoms with Gasteiger partial charge in [-0.2, -0.15) is 0 Å². The number of fused-ring (bicyclic) bond motifs is 15. The number of phenolic OH excluding ortho intramolecular Hbond substituents is 4. The zero-order valence-electron chi connectivity index (χ0n) is 46.4. The molecule has 8 amide bonds. The topological polar surface area (TPSA) is 399 Å². The predicted molar refractivity (Wildman–Crippen MR) is 306 cm³/mol. The smallest absolute Gasteiger partial charge is 0.248 e. The lowest BCUT2D eigenvalue weighted by Gasteiger charge is -2.31. The number of hydrogen-bond acceptors (Lipinski definition) is 17. The Hall–Kier alpha value is -10.0. The monoisotopic (exact) mass is 1220 g/mol. The van der Waals surface area contributed by atoms with Crippen molar-refractivity contribution in [1.82, 2.24) is 42.5 Å². The Kier molecular flexibility index (Phi) is 18.2. The van der Waals surface area contributed by atoms with Crippen molar-refractivity contribution in [3.8, 4) is 57.1 Å². The van der Waals surface area contributed by atoms with E-state index in [-0.39, 0.29) is 68.8 Å². The fraction of sp³-hybridized carbons (Fsp3) is 0.267. The van der Waals surface area contributed by atoms with E-state index in [2.05, 4.69) is 42.5 Å². The van der Waals surface area contributed by atoms with Gasteiger partial charge in [0.05, 0.1) is 17.5 Å². The summed E-state index contributed by atoms with van der Waals surface area (Å²) in [7, 11) is 1.50. The van der Waals surface area contributed by atoms with Gasteiger partial charge in [0.1, 0.15) is 83.0 Å². The van der Waals surface area contributed by atoms with Gasteiger partial charge in [-0.1, -0.05) is 61.8 Å². The van der Waals surface area contributed by atoms with Crippen LogP contribution in [-0.4, -0.2) is 109 Å². The highest BCUT2D eigenvalue weighted by Gasteiger charge is 2.41. The number of primary amides is 1. The molecular weight excluding hydrogens is 1160 g/mol. The average molecular weight is 1220 g/mol. The second kappa shape index (κ2) is 25.7. The third kappa shape index (κ3) is 13.6. The van der Waals surface area contributed by atoms with Crippen molar-refractivity contribution in [1.29, 1.82) is 0 Å². The third-order valence-corrected chi connectivity index (χ3v) is 15.0. The summed E-state index contributed by atoms with van der Waals surface area (Å²) in [6.07, 6.45) is -4.66. The van der Waals surface area contributed by atoms with Gasteiger partial charge in [0.25, 0.3) is 0 Å². The fourth-order valence-electron chi connectivity index (χ4n) is 10.2. The normalized spacial score (nSPS) is 21.5. The van der Waals surface area contributed by atoms with Gasteiger partial charge in [0.15, 0.2) is 11.5 Å². The van der Waals surface area contributed by atoms with Crippen LogP contribution >= 0.6 is 11.6 Å². The van der Waals surface area contributed by atoms with Crippen LogP contribution in [0.25, 0.3) is 11.1 Å². The van der Waals surface area contributed by atoms with Crippen LogP contribution in [0.5, 0.6) is 46.0 Å². The first-order valence-electron chi connectivity index (χ1n) is 27.0. The van der Waals surface area contributed by atoms with Gasteiger partial charge in [-0.05, 0) is 119 Å². The molecule has 0 aliphatic carbocycles. The van der Waals surface area contributed by atoms with Crippen LogP contribution in [0.2, 0.25) is 5.02 Å². The number of halogens is 2. The maximum Gasteiger partial charge on any atom is 0.248 e. The van der Waals surface area contributed by atoms with Gasteiger partial charge < -0.3 is 88.4 Å². The molecule has 0 radical (unpaired) electrons. The number of carbonyl (C=O) groups excluding carboxylic acids is 8. The quantitative estimate of drug-likeness (QED) is 0.0937. The van der Waals surface area contributed by atoms with E-state index in [0.717, 1.165) is 54.6 Å². The zero-order valence-corrected chi connectivity index (χ0v) is 47.1. The summed E-state index contributed by atoms with van der Waals surface area (Å²) in [5.74, 6) is -14.0. The third-order valence-electron chi connectivity index (χ3n) is 14.7. The summed E-state index contributed by atoms with van der Waals surface area (Å²) in [6.45, 7) is 3.43. The summed E-state index contributed by atoms with van der Waals surface area (Å²) < 4.78 is 26.2. The van der Waals surface area contributed by atoms with Gasteiger partial charge in [-0.25, -0.2) is 4.39 Å². The molecule has 5 aliphatic heterocycles. The maximum atomic E-state index is 15.5. The summed E-state index contributed by atoms with van der Waals surface area (Å²) >= 11 is 6.79. The molecule has 25 nitrogen and oxygen atoms in total. The highest BCUT2D eigenvalue weighted by molar-refractivity contribution is 6.32. The molecule has 9 atom stereocenters. The first kappa shape index (κ1) is 61.5. The minimum Gasteiger partial charge on any atom is -0.508 e. The number of ether oxygens (including phenoxy) is 2. The zero-order chi connectivity index (χ0) is 62.7. The Balaban J connectivity index is 1.22. The minimum absolute atomic E-state index is 0.0347. The van der Waals surface area contributed by atoms with Crippen LogP contribution in [-0.2, 0) is 44.9 Å². The molecule has 16 N–H and O–H groups in total. The average Bonchev–Trinajstić information content (AvgIpc) is 3.67. The molecule has 11 bridgehead atoms. The van der Waals surface area contributed by atoms with Crippen LogP contribution < -0.4 is 57.7 Å².